The van der Waals surface area contributed by atoms with Gasteiger partial charge in [0, 0.05) is 0 Å². The number of rotatable bonds is 0. The van der Waals surface area contributed by atoms with Crippen LogP contribution in [-0.2, 0) is 0 Å². The lowest BCUT2D eigenvalue weighted by atomic mass is 9.35. The Bertz CT molecular complexity index is 910. The van der Waals surface area contributed by atoms with Crippen molar-refractivity contribution >= 4 is 0 Å². The summed E-state index contributed by atoms with van der Waals surface area (Å²) in [6, 6.07) is 0. The van der Waals surface area contributed by atoms with E-state index in [2.05, 4.69) is 69.2 Å². The highest BCUT2D eigenvalue weighted by atomic mass is 14.9. The van der Waals surface area contributed by atoms with Crippen LogP contribution in [0.5, 0.6) is 0 Å². The normalized spacial score (nSPS) is 80.4. The van der Waals surface area contributed by atoms with E-state index in [0.29, 0.717) is 0 Å². The molecule has 0 N–H and O–H groups in total. The highest BCUT2D eigenvalue weighted by molar-refractivity contribution is 5.29. The van der Waals surface area contributed by atoms with E-state index in [1.807, 2.05) is 0 Å². The molecule has 0 bridgehead atoms. The molecule has 0 nitrogen and oxygen atoms in total. The molecule has 10 saturated carbocycles. The van der Waals surface area contributed by atoms with Crippen LogP contribution in [0.25, 0.3) is 0 Å². The average molecular weight is 515 g/mol. The summed E-state index contributed by atoms with van der Waals surface area (Å²) in [5, 5.41) is 0. The van der Waals surface area contributed by atoms with E-state index >= 15 is 0 Å². The van der Waals surface area contributed by atoms with Gasteiger partial charge in [-0.15, -0.1) is 0 Å². The van der Waals surface area contributed by atoms with Crippen molar-refractivity contribution < 1.29 is 0 Å². The van der Waals surface area contributed by atoms with Crippen LogP contribution < -0.4 is 0 Å². The van der Waals surface area contributed by atoms with E-state index in [-0.39, 0.29) is 0 Å². The fraction of sp³-hybridized carbons (Fsp3) is 1.00. The van der Waals surface area contributed by atoms with Crippen LogP contribution in [0, 0.1) is 166 Å². The maximum atomic E-state index is 2.84. The van der Waals surface area contributed by atoms with Crippen molar-refractivity contribution in [2.45, 2.75) is 69.2 Å². The molecule has 0 aromatic heterocycles. The highest BCUT2D eigenvalue weighted by Gasteiger charge is 2.82. The van der Waals surface area contributed by atoms with Crippen molar-refractivity contribution in [2.24, 2.45) is 166 Å². The summed E-state index contributed by atoms with van der Waals surface area (Å²) in [5.74, 6) is 29.4. The summed E-state index contributed by atoms with van der Waals surface area (Å²) in [6.07, 6.45) is 0. The summed E-state index contributed by atoms with van der Waals surface area (Å²) >= 11 is 0. The molecule has 0 aliphatic heterocycles. The van der Waals surface area contributed by atoms with Gasteiger partial charge in [-0.25, -0.2) is 0 Å². The topological polar surface area (TPSA) is 0 Å². The van der Waals surface area contributed by atoms with Gasteiger partial charge in [0.25, 0.3) is 0 Å². The van der Waals surface area contributed by atoms with Crippen molar-refractivity contribution in [1.82, 2.24) is 0 Å². The zero-order chi connectivity index (χ0) is 26.2. The third-order valence-corrected chi connectivity index (χ3v) is 19.8. The van der Waals surface area contributed by atoms with Crippen LogP contribution in [0.1, 0.15) is 69.2 Å². The number of hydrogen-bond donors (Lipinski definition) is 0. The van der Waals surface area contributed by atoms with Crippen molar-refractivity contribution in [2.75, 3.05) is 0 Å². The van der Waals surface area contributed by atoms with Crippen LogP contribution in [0.4, 0.5) is 0 Å². The molecule has 10 rings (SSSR count). The maximum absolute atomic E-state index is 2.84. The van der Waals surface area contributed by atoms with E-state index in [4.69, 9.17) is 0 Å². The molecular weight excluding hydrogens is 456 g/mol. The second-order valence-corrected chi connectivity index (χ2v) is 19.0. The number of hydrogen-bond acceptors (Lipinski definition) is 0. The van der Waals surface area contributed by atoms with Crippen LogP contribution >= 0.6 is 0 Å². The molecule has 10 aliphatic rings. The second-order valence-electron chi connectivity index (χ2n) is 19.0. The molecule has 0 aromatic carbocycles. The van der Waals surface area contributed by atoms with Crippen molar-refractivity contribution in [1.29, 1.82) is 0 Å². The Morgan fingerprint density at radius 2 is 0.237 bits per heavy atom. The largest absolute Gasteiger partial charge is 0.0620 e. The lowest BCUT2D eigenvalue weighted by molar-refractivity contribution is -0.225. The van der Waals surface area contributed by atoms with Crippen molar-refractivity contribution in [3.05, 3.63) is 0 Å². The van der Waals surface area contributed by atoms with Gasteiger partial charge in [-0.05, 0) is 166 Å². The van der Waals surface area contributed by atoms with Gasteiger partial charge in [0.1, 0.15) is 0 Å². The average Bonchev–Trinajstić information content (AvgIpc) is 3.55. The van der Waals surface area contributed by atoms with Gasteiger partial charge in [-0.3, -0.25) is 0 Å². The zero-order valence-corrected chi connectivity index (χ0v) is 26.2. The fourth-order valence-electron chi connectivity index (χ4n) is 20.1. The molecule has 0 aromatic rings. The molecule has 0 heterocycles. The summed E-state index contributed by atoms with van der Waals surface area (Å²) in [4.78, 5) is 0. The Kier molecular flexibility index (Phi) is 4.21. The first-order valence-corrected chi connectivity index (χ1v) is 18.1. The summed E-state index contributed by atoms with van der Waals surface area (Å²) in [5.41, 5.74) is 0. The van der Waals surface area contributed by atoms with Crippen molar-refractivity contribution in [3.8, 4) is 0 Å². The van der Waals surface area contributed by atoms with Crippen LogP contribution in [-0.4, -0.2) is 0 Å². The first kappa shape index (κ1) is 23.6. The Labute approximate surface area is 234 Å². The van der Waals surface area contributed by atoms with E-state index in [1.54, 1.807) is 0 Å². The Morgan fingerprint density at radius 1 is 0.132 bits per heavy atom. The molecule has 0 heteroatoms. The quantitative estimate of drug-likeness (QED) is 0.304. The minimum absolute atomic E-state index is 0.961. The highest BCUT2D eigenvalue weighted by Crippen LogP contribution is 2.86. The van der Waals surface area contributed by atoms with E-state index in [9.17, 15) is 0 Å². The molecule has 24 atom stereocenters. The predicted molar refractivity (Wildman–Crippen MR) is 154 cm³/mol. The molecular formula is C38H58. The van der Waals surface area contributed by atoms with Gasteiger partial charge in [0.15, 0.2) is 0 Å². The molecule has 0 saturated heterocycles. The van der Waals surface area contributed by atoms with Crippen LogP contribution in [0.15, 0.2) is 0 Å². The van der Waals surface area contributed by atoms with Gasteiger partial charge in [0.05, 0.1) is 0 Å². The third-order valence-electron chi connectivity index (χ3n) is 19.8. The molecule has 0 radical (unpaired) electrons. The maximum Gasteiger partial charge on any atom is -0.0312 e. The first-order valence-electron chi connectivity index (χ1n) is 18.1. The molecule has 24 unspecified atom stereocenters. The Balaban J connectivity index is 1.27. The van der Waals surface area contributed by atoms with E-state index < -0.39 is 0 Å². The molecule has 38 heavy (non-hydrogen) atoms. The zero-order valence-electron chi connectivity index (χ0n) is 26.2. The van der Waals surface area contributed by atoms with Crippen LogP contribution in [0.3, 0.4) is 0 Å². The molecule has 10 aliphatic carbocycles. The van der Waals surface area contributed by atoms with Crippen molar-refractivity contribution in [3.63, 3.8) is 0 Å². The third kappa shape index (κ3) is 2.01. The Morgan fingerprint density at radius 3 is 0.395 bits per heavy atom. The van der Waals surface area contributed by atoms with Gasteiger partial charge < -0.3 is 0 Å². The molecule has 210 valence electrons. The SMILES string of the molecule is CC1C(C)C2C(C)C3C(C)C4C(C)C5C(C)C(C)C6C(C)C7C(C)C8C(C)C1C1C2C3C2C4C5C6C7C2C81. The second kappa shape index (κ2) is 6.80. The van der Waals surface area contributed by atoms with E-state index in [0.717, 1.165) is 166 Å². The lowest BCUT2D eigenvalue weighted by Crippen LogP contribution is -2.66. The van der Waals surface area contributed by atoms with Crippen LogP contribution in [0.2, 0.25) is 0 Å². The van der Waals surface area contributed by atoms with E-state index in [1.165, 1.54) is 0 Å². The molecule has 10 fully saturated rings. The van der Waals surface area contributed by atoms with Gasteiger partial charge in [-0.2, -0.15) is 0 Å². The monoisotopic (exact) mass is 514 g/mol. The minimum atomic E-state index is 0.961. The smallest absolute Gasteiger partial charge is 0.0312 e. The van der Waals surface area contributed by atoms with Gasteiger partial charge in [-0.1, -0.05) is 69.2 Å². The standard InChI is InChI=1S/C38H58/c1-11-12(2)22-16(6)26-20(10)28-18(8)24-14(4)13(3)23-17(7)27-19(9)25-15(5)21(11)29-30(22)34(26)38-36(28)32(24)31(23)35(27)37(38)33(25)29/h11-38H,1-10H3. The summed E-state index contributed by atoms with van der Waals surface area (Å²) < 4.78 is 0. The van der Waals surface area contributed by atoms with Gasteiger partial charge in [0.2, 0.25) is 0 Å². The predicted octanol–water partition coefficient (Wildman–Crippen LogP) is 8.58. The lowest BCUT2D eigenvalue weighted by Gasteiger charge is -2.69. The summed E-state index contributed by atoms with van der Waals surface area (Å²) in [7, 11) is 0. The fourth-order valence-corrected chi connectivity index (χ4v) is 20.1. The molecule has 0 amide bonds. The molecule has 0 spiro atoms. The minimum Gasteiger partial charge on any atom is -0.0620 e. The first-order chi connectivity index (χ1) is 18.1. The van der Waals surface area contributed by atoms with Gasteiger partial charge >= 0.3 is 0 Å². The summed E-state index contributed by atoms with van der Waals surface area (Å²) in [6.45, 7) is 28.0. The Hall–Kier alpha value is 0.